The molecule has 0 heterocycles. The van der Waals surface area contributed by atoms with Crippen LogP contribution >= 0.6 is 30.4 Å². The van der Waals surface area contributed by atoms with E-state index in [0.29, 0.717) is 32.2 Å². The first kappa shape index (κ1) is 34.6. The second-order valence-corrected chi connectivity index (χ2v) is 14.9. The van der Waals surface area contributed by atoms with Crippen molar-refractivity contribution in [1.82, 2.24) is 0 Å². The van der Waals surface area contributed by atoms with Crippen molar-refractivity contribution >= 4 is 30.4 Å². The van der Waals surface area contributed by atoms with Crippen molar-refractivity contribution in [3.8, 4) is 0 Å². The first-order valence-corrected chi connectivity index (χ1v) is 15.6. The van der Waals surface area contributed by atoms with E-state index in [1.165, 1.54) is 0 Å². The highest BCUT2D eigenvalue weighted by atomic mass is 31.2. The van der Waals surface area contributed by atoms with E-state index < -0.39 is 53.4 Å². The summed E-state index contributed by atoms with van der Waals surface area (Å²) in [5.41, 5.74) is 5.18. The van der Waals surface area contributed by atoms with Gasteiger partial charge in [0.2, 0.25) is 0 Å². The van der Waals surface area contributed by atoms with E-state index in [1.54, 1.807) is 0 Å². The molecule has 0 spiro atoms. The fourth-order valence-electron chi connectivity index (χ4n) is 2.26. The van der Waals surface area contributed by atoms with Crippen LogP contribution in [0, 0.1) is 0 Å². The van der Waals surface area contributed by atoms with Crippen LogP contribution in [0.25, 0.3) is 0 Å². The van der Waals surface area contributed by atoms with Crippen molar-refractivity contribution in [3.05, 3.63) is 0 Å². The standard InChI is InChI=1S/C6H17NO7P2.C6H16O8P2/c2*7-5-3-1-2-4-6(8,15(9,10)11)16(12,13)14/h8H,1-5,7H2,(H2,9,10,11)(H2,12,13,14);7-8H,1-5H2,(H2,9,10,11)(H2,12,13,14). The van der Waals surface area contributed by atoms with Gasteiger partial charge >= 0.3 is 30.4 Å². The van der Waals surface area contributed by atoms with Crippen molar-refractivity contribution in [3.63, 3.8) is 0 Å². The Labute approximate surface area is 184 Å². The zero-order valence-corrected chi connectivity index (χ0v) is 20.6. The lowest BCUT2D eigenvalue weighted by molar-refractivity contribution is 0.119. The Balaban J connectivity index is 0. The molecule has 0 radical (unpaired) electrons. The molecule has 0 bridgehead atoms. The molecule has 0 aromatic carbocycles. The fourth-order valence-corrected chi connectivity index (χ4v) is 6.77. The van der Waals surface area contributed by atoms with E-state index >= 15 is 0 Å². The molecule has 196 valence electrons. The average Bonchev–Trinajstić information content (AvgIpc) is 2.58. The number of hydrogen-bond donors (Lipinski definition) is 12. The highest BCUT2D eigenvalue weighted by Crippen LogP contribution is 2.70. The van der Waals surface area contributed by atoms with Gasteiger partial charge in [-0.15, -0.1) is 0 Å². The van der Waals surface area contributed by atoms with Gasteiger partial charge < -0.3 is 60.2 Å². The lowest BCUT2D eigenvalue weighted by Gasteiger charge is -2.29. The molecule has 0 fully saturated rings. The molecule has 0 amide bonds. The van der Waals surface area contributed by atoms with E-state index in [9.17, 15) is 28.5 Å². The van der Waals surface area contributed by atoms with Gasteiger partial charge in [0.25, 0.3) is 10.2 Å². The first-order valence-electron chi connectivity index (χ1n) is 9.10. The second kappa shape index (κ2) is 13.5. The molecule has 0 saturated heterocycles. The van der Waals surface area contributed by atoms with E-state index in [0.717, 1.165) is 0 Å². The maximum Gasteiger partial charge on any atom is 0.369 e. The Morgan fingerprint density at radius 2 is 0.812 bits per heavy atom. The van der Waals surface area contributed by atoms with E-state index in [2.05, 4.69) is 0 Å². The van der Waals surface area contributed by atoms with Crippen LogP contribution in [0.15, 0.2) is 0 Å². The van der Waals surface area contributed by atoms with Gasteiger partial charge in [0.05, 0.1) is 0 Å². The first-order chi connectivity index (χ1) is 14.1. The third kappa shape index (κ3) is 10.4. The van der Waals surface area contributed by atoms with Crippen LogP contribution < -0.4 is 5.73 Å². The number of rotatable bonds is 14. The number of unbranched alkanes of at least 4 members (excludes halogenated alkanes) is 4. The second-order valence-electron chi connectivity index (χ2n) is 6.86. The summed E-state index contributed by atoms with van der Waals surface area (Å²) in [7, 11) is -21.2. The Hall–Kier alpha value is 0.440. The molecule has 0 aromatic rings. The van der Waals surface area contributed by atoms with Crippen molar-refractivity contribution < 1.29 is 72.7 Å². The zero-order valence-electron chi connectivity index (χ0n) is 17.0. The van der Waals surface area contributed by atoms with Crippen molar-refractivity contribution in [1.29, 1.82) is 0 Å². The minimum atomic E-state index is -5.33. The van der Waals surface area contributed by atoms with Crippen LogP contribution in [-0.4, -0.2) is 77.8 Å². The molecule has 0 unspecified atom stereocenters. The summed E-state index contributed by atoms with van der Waals surface area (Å²) < 4.78 is 43.5. The predicted octanol–water partition coefficient (Wildman–Crippen LogP) is -0.952. The maximum absolute atomic E-state index is 10.9. The number of nitrogens with two attached hydrogens (primary N) is 1. The highest BCUT2D eigenvalue weighted by Gasteiger charge is 2.59. The summed E-state index contributed by atoms with van der Waals surface area (Å²) in [6, 6.07) is 0. The Morgan fingerprint density at radius 3 is 1.03 bits per heavy atom. The molecule has 0 aliphatic rings. The van der Waals surface area contributed by atoms with E-state index in [4.69, 9.17) is 50.0 Å². The van der Waals surface area contributed by atoms with Gasteiger partial charge in [-0.05, 0) is 45.1 Å². The lowest BCUT2D eigenvalue weighted by Crippen LogP contribution is -2.28. The monoisotopic (exact) mass is 555 g/mol. The van der Waals surface area contributed by atoms with Gasteiger partial charge in [-0.1, -0.05) is 12.8 Å². The smallest absolute Gasteiger partial charge is 0.369 e. The molecule has 20 heteroatoms. The van der Waals surface area contributed by atoms with Crippen molar-refractivity contribution in [2.45, 2.75) is 61.5 Å². The summed E-state index contributed by atoms with van der Waals surface area (Å²) in [5, 5.41) is 20.7. The maximum atomic E-state index is 10.9. The zero-order chi connectivity index (χ0) is 26.1. The molecular formula is C12H33NO15P4. The topological polar surface area (TPSA) is 317 Å². The Bertz CT molecular complexity index is 631. The lowest BCUT2D eigenvalue weighted by atomic mass is 10.2. The van der Waals surface area contributed by atoms with E-state index in [-0.39, 0.29) is 19.4 Å². The SMILES string of the molecule is NCCCCCC(O)(P(=O)(O)O)P(=O)(O)O.O=P(O)(O)C(O)(CCCCCO)P(=O)(O)O. The summed E-state index contributed by atoms with van der Waals surface area (Å²) in [5.74, 6) is 0. The molecule has 0 atom stereocenters. The van der Waals surface area contributed by atoms with Crippen molar-refractivity contribution in [2.75, 3.05) is 13.2 Å². The Kier molecular flexibility index (Phi) is 14.6. The van der Waals surface area contributed by atoms with Crippen molar-refractivity contribution in [2.24, 2.45) is 5.73 Å². The third-order valence-electron chi connectivity index (χ3n) is 4.25. The average molecular weight is 555 g/mol. The minimum absolute atomic E-state index is 0.00667. The number of aliphatic hydroxyl groups is 3. The molecule has 16 nitrogen and oxygen atoms in total. The minimum Gasteiger partial charge on any atom is -0.396 e. The van der Waals surface area contributed by atoms with Crippen LogP contribution in [0.3, 0.4) is 0 Å². The van der Waals surface area contributed by atoms with Crippen LogP contribution in [0.4, 0.5) is 0 Å². The highest BCUT2D eigenvalue weighted by molar-refractivity contribution is 7.72. The Morgan fingerprint density at radius 1 is 0.531 bits per heavy atom. The quantitative estimate of drug-likeness (QED) is 0.0907. The van der Waals surface area contributed by atoms with Gasteiger partial charge in [0, 0.05) is 6.61 Å². The fraction of sp³-hybridized carbons (Fsp3) is 1.00. The van der Waals surface area contributed by atoms with Gasteiger partial charge in [-0.25, -0.2) is 0 Å². The molecule has 0 saturated carbocycles. The van der Waals surface area contributed by atoms with Gasteiger partial charge in [-0.2, -0.15) is 0 Å². The van der Waals surface area contributed by atoms with Crippen LogP contribution in [0.5, 0.6) is 0 Å². The molecule has 0 aliphatic heterocycles. The molecule has 0 aromatic heterocycles. The largest absolute Gasteiger partial charge is 0.396 e. The van der Waals surface area contributed by atoms with Gasteiger partial charge in [-0.3, -0.25) is 18.3 Å². The summed E-state index contributed by atoms with van der Waals surface area (Å²) in [6.07, 6.45) is 0.300. The van der Waals surface area contributed by atoms with Crippen LogP contribution in [-0.2, 0) is 18.3 Å². The summed E-state index contributed by atoms with van der Waals surface area (Å²) in [4.78, 5) is 70.1. The third-order valence-corrected chi connectivity index (χ3v) is 12.0. The van der Waals surface area contributed by atoms with Gasteiger partial charge in [0.15, 0.2) is 0 Å². The molecule has 0 aliphatic carbocycles. The van der Waals surface area contributed by atoms with E-state index in [1.807, 2.05) is 0 Å². The van der Waals surface area contributed by atoms with Crippen LogP contribution in [0.1, 0.15) is 51.4 Å². The molecule has 0 rings (SSSR count). The molecular weight excluding hydrogens is 522 g/mol. The summed E-state index contributed by atoms with van der Waals surface area (Å²) in [6.45, 7) is 0.231. The molecule has 13 N–H and O–H groups in total. The summed E-state index contributed by atoms with van der Waals surface area (Å²) >= 11 is 0. The number of aliphatic hydroxyl groups excluding tert-OH is 1. The normalized spacial score (nSPS) is 14.1. The predicted molar refractivity (Wildman–Crippen MR) is 111 cm³/mol. The molecule has 32 heavy (non-hydrogen) atoms. The number of hydrogen-bond acceptors (Lipinski definition) is 8. The van der Waals surface area contributed by atoms with Gasteiger partial charge in [0.1, 0.15) is 0 Å². The van der Waals surface area contributed by atoms with Crippen LogP contribution in [0.2, 0.25) is 0 Å².